The van der Waals surface area contributed by atoms with Crippen molar-refractivity contribution < 1.29 is 9.53 Å². The molecule has 0 aliphatic heterocycles. The number of anilines is 1. The van der Waals surface area contributed by atoms with Crippen molar-refractivity contribution in [3.8, 4) is 11.3 Å². The van der Waals surface area contributed by atoms with Crippen molar-refractivity contribution in [1.82, 2.24) is 9.88 Å². The Bertz CT molecular complexity index is 750. The fraction of sp³-hybridized carbons (Fsp3) is 0.545. The van der Waals surface area contributed by atoms with Crippen LogP contribution in [0.3, 0.4) is 0 Å². The summed E-state index contributed by atoms with van der Waals surface area (Å²) in [5, 5.41) is 6.07. The quantitative estimate of drug-likeness (QED) is 0.481. The molecule has 1 aromatic carbocycles. The van der Waals surface area contributed by atoms with Crippen LogP contribution >= 0.6 is 27.3 Å². The predicted octanol–water partition coefficient (Wildman–Crippen LogP) is 5.82. The maximum absolute atomic E-state index is 12.2. The summed E-state index contributed by atoms with van der Waals surface area (Å²) in [7, 11) is 0. The molecule has 5 nitrogen and oxygen atoms in total. The van der Waals surface area contributed by atoms with Crippen molar-refractivity contribution in [1.29, 1.82) is 0 Å². The number of ether oxygens (including phenoxy) is 1. The van der Waals surface area contributed by atoms with Gasteiger partial charge in [-0.05, 0) is 58.0 Å². The number of rotatable bonds is 8. The van der Waals surface area contributed by atoms with Gasteiger partial charge in [0.2, 0.25) is 0 Å². The molecule has 1 saturated carbocycles. The molecular formula is C22H32BrN3O2S. The SMILES string of the molecule is CCN(CC)CC.CCOC(=O)C1(Nc2nc(-c3ccc(Br)cc3)cs2)CCC1. The number of benzene rings is 1. The van der Waals surface area contributed by atoms with Gasteiger partial charge < -0.3 is 15.0 Å². The first-order valence-corrected chi connectivity index (χ1v) is 12.0. The summed E-state index contributed by atoms with van der Waals surface area (Å²) in [5.41, 5.74) is 1.40. The van der Waals surface area contributed by atoms with Gasteiger partial charge >= 0.3 is 5.97 Å². The van der Waals surface area contributed by atoms with Crippen LogP contribution < -0.4 is 5.32 Å². The second kappa shape index (κ2) is 11.7. The minimum Gasteiger partial charge on any atom is -0.464 e. The molecule has 0 atom stereocenters. The van der Waals surface area contributed by atoms with E-state index in [0.717, 1.165) is 40.1 Å². The van der Waals surface area contributed by atoms with Crippen molar-refractivity contribution in [3.05, 3.63) is 34.1 Å². The lowest BCUT2D eigenvalue weighted by atomic mass is 9.77. The average Bonchev–Trinajstić information content (AvgIpc) is 3.16. The number of carbonyl (C=O) groups is 1. The summed E-state index contributed by atoms with van der Waals surface area (Å²) in [4.78, 5) is 19.1. The second-order valence-corrected chi connectivity index (χ2v) is 8.72. The Morgan fingerprint density at radius 1 is 1.17 bits per heavy atom. The molecule has 0 amide bonds. The second-order valence-electron chi connectivity index (χ2n) is 6.95. The third kappa shape index (κ3) is 6.52. The van der Waals surface area contributed by atoms with Gasteiger partial charge in [0.05, 0.1) is 12.3 Å². The molecule has 29 heavy (non-hydrogen) atoms. The third-order valence-corrected chi connectivity index (χ3v) is 6.49. The first-order chi connectivity index (χ1) is 14.0. The van der Waals surface area contributed by atoms with E-state index in [0.29, 0.717) is 6.61 Å². The molecule has 1 aliphatic rings. The van der Waals surface area contributed by atoms with Crippen LogP contribution in [0.15, 0.2) is 34.1 Å². The zero-order chi connectivity index (χ0) is 21.3. The van der Waals surface area contributed by atoms with Crippen LogP contribution in [-0.2, 0) is 9.53 Å². The van der Waals surface area contributed by atoms with E-state index < -0.39 is 5.54 Å². The molecule has 160 valence electrons. The first kappa shape index (κ1) is 23.8. The summed E-state index contributed by atoms with van der Waals surface area (Å²) < 4.78 is 6.24. The van der Waals surface area contributed by atoms with Gasteiger partial charge in [-0.3, -0.25) is 0 Å². The van der Waals surface area contributed by atoms with Crippen LogP contribution in [-0.4, -0.2) is 47.6 Å². The van der Waals surface area contributed by atoms with Gasteiger partial charge in [-0.15, -0.1) is 11.3 Å². The highest BCUT2D eigenvalue weighted by atomic mass is 79.9. The monoisotopic (exact) mass is 481 g/mol. The molecule has 0 radical (unpaired) electrons. The Labute approximate surface area is 187 Å². The normalized spacial score (nSPS) is 14.6. The molecule has 3 rings (SSSR count). The topological polar surface area (TPSA) is 54.5 Å². The highest BCUT2D eigenvalue weighted by molar-refractivity contribution is 9.10. The molecule has 0 unspecified atom stereocenters. The third-order valence-electron chi connectivity index (χ3n) is 5.21. The highest BCUT2D eigenvalue weighted by Gasteiger charge is 2.46. The van der Waals surface area contributed by atoms with Gasteiger partial charge in [0, 0.05) is 15.4 Å². The summed E-state index contributed by atoms with van der Waals surface area (Å²) in [6, 6.07) is 8.03. The molecule has 1 fully saturated rings. The van der Waals surface area contributed by atoms with Gasteiger partial charge in [0.1, 0.15) is 5.54 Å². The number of aromatic nitrogens is 1. The van der Waals surface area contributed by atoms with Gasteiger partial charge in [-0.1, -0.05) is 48.8 Å². The lowest BCUT2D eigenvalue weighted by Crippen LogP contribution is -2.53. The number of nitrogens with one attached hydrogen (secondary N) is 1. The van der Waals surface area contributed by atoms with Gasteiger partial charge in [0.25, 0.3) is 0 Å². The minimum absolute atomic E-state index is 0.165. The van der Waals surface area contributed by atoms with Crippen LogP contribution in [0.2, 0.25) is 0 Å². The lowest BCUT2D eigenvalue weighted by Gasteiger charge is -2.39. The summed E-state index contributed by atoms with van der Waals surface area (Å²) in [6.07, 6.45) is 2.65. The van der Waals surface area contributed by atoms with Crippen molar-refractivity contribution >= 4 is 38.4 Å². The zero-order valence-electron chi connectivity index (χ0n) is 17.8. The van der Waals surface area contributed by atoms with Crippen LogP contribution in [0, 0.1) is 0 Å². The van der Waals surface area contributed by atoms with Crippen LogP contribution in [0.4, 0.5) is 5.13 Å². The van der Waals surface area contributed by atoms with E-state index in [-0.39, 0.29) is 5.97 Å². The standard InChI is InChI=1S/C16H17BrN2O2S.C6H15N/c1-2-21-14(20)16(8-3-9-16)19-15-18-13(10-22-15)11-4-6-12(17)7-5-11;1-4-7(5-2)6-3/h4-7,10H,2-3,8-9H2,1H3,(H,18,19);4-6H2,1-3H3. The molecule has 2 aromatic rings. The summed E-state index contributed by atoms with van der Waals surface area (Å²) >= 11 is 4.95. The van der Waals surface area contributed by atoms with Crippen LogP contribution in [0.5, 0.6) is 0 Å². The maximum Gasteiger partial charge on any atom is 0.331 e. The first-order valence-electron chi connectivity index (χ1n) is 10.4. The van der Waals surface area contributed by atoms with Crippen LogP contribution in [0.1, 0.15) is 47.0 Å². The molecule has 0 spiro atoms. The van der Waals surface area contributed by atoms with Crippen LogP contribution in [0.25, 0.3) is 11.3 Å². The number of hydrogen-bond donors (Lipinski definition) is 1. The number of esters is 1. The molecule has 0 bridgehead atoms. The average molecular weight is 482 g/mol. The smallest absolute Gasteiger partial charge is 0.331 e. The molecule has 1 aliphatic carbocycles. The van der Waals surface area contributed by atoms with Crippen molar-refractivity contribution in [2.24, 2.45) is 0 Å². The molecule has 1 heterocycles. The van der Waals surface area contributed by atoms with Gasteiger partial charge in [-0.2, -0.15) is 0 Å². The molecule has 7 heteroatoms. The minimum atomic E-state index is -0.579. The van der Waals surface area contributed by atoms with E-state index in [4.69, 9.17) is 4.74 Å². The van der Waals surface area contributed by atoms with Crippen molar-refractivity contribution in [3.63, 3.8) is 0 Å². The Kier molecular flexibility index (Phi) is 9.59. The van der Waals surface area contributed by atoms with Gasteiger partial charge in [-0.25, -0.2) is 9.78 Å². The van der Waals surface area contributed by atoms with E-state index >= 15 is 0 Å². The molecule has 1 N–H and O–H groups in total. The highest BCUT2D eigenvalue weighted by Crippen LogP contribution is 2.38. The van der Waals surface area contributed by atoms with E-state index in [1.165, 1.54) is 31.0 Å². The Hall–Kier alpha value is -1.44. The molecular weight excluding hydrogens is 450 g/mol. The van der Waals surface area contributed by atoms with E-state index in [2.05, 4.69) is 51.9 Å². The summed E-state index contributed by atoms with van der Waals surface area (Å²) in [5.74, 6) is -0.165. The number of carbonyl (C=O) groups excluding carboxylic acids is 1. The molecule has 0 saturated heterocycles. The van der Waals surface area contributed by atoms with Crippen molar-refractivity contribution in [2.75, 3.05) is 31.6 Å². The van der Waals surface area contributed by atoms with E-state index in [9.17, 15) is 4.79 Å². The number of hydrogen-bond acceptors (Lipinski definition) is 6. The Morgan fingerprint density at radius 3 is 2.24 bits per heavy atom. The fourth-order valence-corrected chi connectivity index (χ4v) is 4.22. The number of halogens is 1. The fourth-order valence-electron chi connectivity index (χ4n) is 3.14. The molecule has 1 aromatic heterocycles. The summed E-state index contributed by atoms with van der Waals surface area (Å²) in [6.45, 7) is 12.4. The largest absolute Gasteiger partial charge is 0.464 e. The van der Waals surface area contributed by atoms with E-state index in [1.807, 2.05) is 36.6 Å². The number of nitrogens with zero attached hydrogens (tertiary/aromatic N) is 2. The maximum atomic E-state index is 12.2. The van der Waals surface area contributed by atoms with Crippen molar-refractivity contribution in [2.45, 2.75) is 52.5 Å². The Balaban J connectivity index is 0.000000370. The lowest BCUT2D eigenvalue weighted by molar-refractivity contribution is -0.151. The van der Waals surface area contributed by atoms with Gasteiger partial charge in [0.15, 0.2) is 5.13 Å². The van der Waals surface area contributed by atoms with E-state index in [1.54, 1.807) is 0 Å². The number of thiazole rings is 1. The zero-order valence-corrected chi connectivity index (χ0v) is 20.2. The Morgan fingerprint density at radius 2 is 1.79 bits per heavy atom. The predicted molar refractivity (Wildman–Crippen MR) is 126 cm³/mol.